The number of amides is 3. The largest absolute Gasteiger partial charge is 0.416 e. The second-order valence-electron chi connectivity index (χ2n) is 11.9. The number of carbonyl (C=O) groups excluding carboxylic acids is 3. The Morgan fingerprint density at radius 1 is 0.936 bits per heavy atom. The molecule has 2 N–H and O–H groups in total. The lowest BCUT2D eigenvalue weighted by Crippen LogP contribution is -2.52. The molecule has 240 valence electrons. The quantitative estimate of drug-likeness (QED) is 0.228. The normalized spacial score (nSPS) is 17.9. The highest BCUT2D eigenvalue weighted by atomic mass is 19.4. The molecule has 47 heavy (non-hydrogen) atoms. The van der Waals surface area contributed by atoms with Crippen molar-refractivity contribution in [3.8, 4) is 0 Å². The maximum Gasteiger partial charge on any atom is 0.416 e. The van der Waals surface area contributed by atoms with Gasteiger partial charge in [-0.15, -0.1) is 0 Å². The van der Waals surface area contributed by atoms with Gasteiger partial charge in [0.1, 0.15) is 12.1 Å². The predicted molar refractivity (Wildman–Crippen MR) is 173 cm³/mol. The Bertz CT molecular complexity index is 1970. The molecule has 0 radical (unpaired) electrons. The monoisotopic (exact) mass is 638 g/mol. The number of carbonyl (C=O) groups is 3. The lowest BCUT2D eigenvalue weighted by Gasteiger charge is -2.37. The zero-order valence-electron chi connectivity index (χ0n) is 25.7. The second kappa shape index (κ2) is 12.9. The van der Waals surface area contributed by atoms with Crippen molar-refractivity contribution >= 4 is 39.4 Å². The van der Waals surface area contributed by atoms with Crippen molar-refractivity contribution in [1.82, 2.24) is 14.8 Å². The Labute approximate surface area is 269 Å². The second-order valence-corrected chi connectivity index (χ2v) is 11.9. The summed E-state index contributed by atoms with van der Waals surface area (Å²) in [7, 11) is 0. The molecule has 10 heteroatoms. The molecule has 7 nitrogen and oxygen atoms in total. The van der Waals surface area contributed by atoms with E-state index in [0.717, 1.165) is 33.3 Å². The molecule has 1 aliphatic heterocycles. The van der Waals surface area contributed by atoms with Crippen LogP contribution in [0.5, 0.6) is 0 Å². The highest BCUT2D eigenvalue weighted by Gasteiger charge is 2.46. The molecule has 1 fully saturated rings. The van der Waals surface area contributed by atoms with Crippen LogP contribution in [0.4, 0.5) is 13.2 Å². The SMILES string of the molecule is CC1CCN(C(Cc2cccc3ccccc23)C(N)=O)C(=O)C(c2ccccc2C(F)(F)F)N1C(=O)Cc1ccc2ncccc2c1. The molecule has 0 saturated carbocycles. The van der Waals surface area contributed by atoms with E-state index in [1.165, 1.54) is 28.0 Å². The summed E-state index contributed by atoms with van der Waals surface area (Å²) in [5.74, 6) is -2.08. The van der Waals surface area contributed by atoms with Crippen molar-refractivity contribution in [3.05, 3.63) is 126 Å². The molecule has 1 aliphatic rings. The summed E-state index contributed by atoms with van der Waals surface area (Å²) in [6.45, 7) is 1.74. The minimum Gasteiger partial charge on any atom is -0.368 e. The molecule has 0 aliphatic carbocycles. The molecule has 5 aromatic rings. The number of aromatic nitrogens is 1. The molecule has 3 unspecified atom stereocenters. The van der Waals surface area contributed by atoms with Gasteiger partial charge in [0.25, 0.3) is 5.91 Å². The van der Waals surface area contributed by atoms with Gasteiger partial charge in [-0.25, -0.2) is 0 Å². The molecule has 4 aromatic carbocycles. The van der Waals surface area contributed by atoms with Crippen LogP contribution in [-0.4, -0.2) is 51.1 Å². The molecular formula is C37H33F3N4O3. The van der Waals surface area contributed by atoms with Gasteiger partial charge in [-0.1, -0.05) is 72.8 Å². The number of nitrogens with zero attached hydrogens (tertiary/aromatic N) is 3. The number of halogens is 3. The van der Waals surface area contributed by atoms with Crippen molar-refractivity contribution in [2.75, 3.05) is 6.54 Å². The van der Waals surface area contributed by atoms with Crippen molar-refractivity contribution < 1.29 is 27.6 Å². The number of benzene rings is 4. The standard InChI is InChI=1S/C37H33F3N4O3/c1-23-17-19-43(32(35(41)46)22-26-10-6-9-25-8-2-3-12-28(25)26)36(47)34(29-13-4-5-14-30(29)37(38,39)40)44(23)33(45)21-24-15-16-31-27(20-24)11-7-18-42-31/h2-16,18,20,23,32,34H,17,19,21-22H2,1H3,(H2,41,46). The lowest BCUT2D eigenvalue weighted by atomic mass is 9.94. The number of nitrogens with two attached hydrogens (primary N) is 1. The Morgan fingerprint density at radius 2 is 1.66 bits per heavy atom. The summed E-state index contributed by atoms with van der Waals surface area (Å²) in [4.78, 5) is 48.7. The summed E-state index contributed by atoms with van der Waals surface area (Å²) in [6, 6.07) is 23.5. The summed E-state index contributed by atoms with van der Waals surface area (Å²) in [5.41, 5.74) is 6.69. The third-order valence-electron chi connectivity index (χ3n) is 8.93. The van der Waals surface area contributed by atoms with Crippen molar-refractivity contribution in [1.29, 1.82) is 0 Å². The van der Waals surface area contributed by atoms with E-state index in [0.29, 0.717) is 5.56 Å². The van der Waals surface area contributed by atoms with E-state index in [4.69, 9.17) is 5.73 Å². The van der Waals surface area contributed by atoms with Crippen LogP contribution in [0.3, 0.4) is 0 Å². The third kappa shape index (κ3) is 6.40. The van der Waals surface area contributed by atoms with Crippen molar-refractivity contribution in [3.63, 3.8) is 0 Å². The molecular weight excluding hydrogens is 605 g/mol. The molecule has 6 rings (SSSR count). The van der Waals surface area contributed by atoms with Gasteiger partial charge in [0, 0.05) is 30.6 Å². The zero-order chi connectivity index (χ0) is 33.3. The third-order valence-corrected chi connectivity index (χ3v) is 8.93. The van der Waals surface area contributed by atoms with Crippen LogP contribution in [0.15, 0.2) is 103 Å². The van der Waals surface area contributed by atoms with Crippen molar-refractivity contribution in [2.45, 2.75) is 50.5 Å². The molecule has 3 atom stereocenters. The van der Waals surface area contributed by atoms with Crippen molar-refractivity contribution in [2.24, 2.45) is 5.73 Å². The number of hydrogen-bond donors (Lipinski definition) is 1. The molecule has 2 heterocycles. The predicted octanol–water partition coefficient (Wildman–Crippen LogP) is 6.24. The Balaban J connectivity index is 1.43. The lowest BCUT2D eigenvalue weighted by molar-refractivity contribution is -0.150. The molecule has 3 amide bonds. The Morgan fingerprint density at radius 3 is 2.45 bits per heavy atom. The van der Waals surface area contributed by atoms with E-state index >= 15 is 0 Å². The molecule has 1 aromatic heterocycles. The van der Waals surface area contributed by atoms with E-state index in [2.05, 4.69) is 4.98 Å². The fourth-order valence-corrected chi connectivity index (χ4v) is 6.63. The minimum absolute atomic E-state index is 0.0223. The van der Waals surface area contributed by atoms with Gasteiger partial charge in [0.2, 0.25) is 11.8 Å². The number of alkyl halides is 3. The van der Waals surface area contributed by atoms with Gasteiger partial charge in [-0.2, -0.15) is 13.2 Å². The summed E-state index contributed by atoms with van der Waals surface area (Å²) < 4.78 is 43.4. The topological polar surface area (TPSA) is 96.6 Å². The van der Waals surface area contributed by atoms with Crippen LogP contribution in [0, 0.1) is 0 Å². The van der Waals surface area contributed by atoms with Gasteiger partial charge >= 0.3 is 6.18 Å². The maximum absolute atomic E-state index is 14.7. The average molecular weight is 639 g/mol. The van der Waals surface area contributed by atoms with E-state index in [-0.39, 0.29) is 31.4 Å². The van der Waals surface area contributed by atoms with Crippen LogP contribution < -0.4 is 5.73 Å². The van der Waals surface area contributed by atoms with Crippen LogP contribution in [-0.2, 0) is 33.4 Å². The summed E-state index contributed by atoms with van der Waals surface area (Å²) in [5, 5.41) is 2.61. The first kappa shape index (κ1) is 31.7. The van der Waals surface area contributed by atoms with Gasteiger partial charge in [-0.3, -0.25) is 19.4 Å². The minimum atomic E-state index is -4.80. The van der Waals surface area contributed by atoms with Gasteiger partial charge < -0.3 is 15.5 Å². The molecule has 1 saturated heterocycles. The Kier molecular flexibility index (Phi) is 8.68. The Hall–Kier alpha value is -5.25. The van der Waals surface area contributed by atoms with E-state index in [1.54, 1.807) is 31.3 Å². The van der Waals surface area contributed by atoms with Crippen LogP contribution in [0.2, 0.25) is 0 Å². The summed E-state index contributed by atoms with van der Waals surface area (Å²) >= 11 is 0. The van der Waals surface area contributed by atoms with E-state index < -0.39 is 47.6 Å². The van der Waals surface area contributed by atoms with Gasteiger partial charge in [0.15, 0.2) is 0 Å². The zero-order valence-corrected chi connectivity index (χ0v) is 25.7. The van der Waals surface area contributed by atoms with E-state index in [1.807, 2.05) is 54.6 Å². The number of rotatable bonds is 7. The number of primary amides is 1. The first-order valence-corrected chi connectivity index (χ1v) is 15.4. The maximum atomic E-state index is 14.7. The number of pyridine rings is 1. The van der Waals surface area contributed by atoms with Crippen LogP contribution >= 0.6 is 0 Å². The van der Waals surface area contributed by atoms with Gasteiger partial charge in [0.05, 0.1) is 17.5 Å². The first-order valence-electron chi connectivity index (χ1n) is 15.4. The average Bonchev–Trinajstić information content (AvgIpc) is 3.18. The highest BCUT2D eigenvalue weighted by molar-refractivity contribution is 5.95. The number of hydrogen-bond acceptors (Lipinski definition) is 4. The fourth-order valence-electron chi connectivity index (χ4n) is 6.63. The summed E-state index contributed by atoms with van der Waals surface area (Å²) in [6.07, 6.45) is -3.01. The van der Waals surface area contributed by atoms with Crippen LogP contribution in [0.25, 0.3) is 21.7 Å². The van der Waals surface area contributed by atoms with E-state index in [9.17, 15) is 27.6 Å². The number of fused-ring (bicyclic) bond motifs is 2. The van der Waals surface area contributed by atoms with Crippen LogP contribution in [0.1, 0.15) is 41.6 Å². The smallest absolute Gasteiger partial charge is 0.368 e. The fraction of sp³-hybridized carbons (Fsp3) is 0.243. The first-order chi connectivity index (χ1) is 22.5. The van der Waals surface area contributed by atoms with Gasteiger partial charge in [-0.05, 0) is 65.1 Å². The molecule has 0 spiro atoms. The highest BCUT2D eigenvalue weighted by Crippen LogP contribution is 2.40. The molecule has 0 bridgehead atoms.